The molecule has 0 spiro atoms. The lowest BCUT2D eigenvalue weighted by Gasteiger charge is -2.07. The van der Waals surface area contributed by atoms with Gasteiger partial charge in [0.15, 0.2) is 0 Å². The molecule has 0 aliphatic heterocycles. The zero-order valence-corrected chi connectivity index (χ0v) is 12.8. The normalized spacial score (nSPS) is 10.4. The average molecular weight is 341 g/mol. The van der Waals surface area contributed by atoms with Crippen LogP contribution in [0.25, 0.3) is 0 Å². The third-order valence-electron chi connectivity index (χ3n) is 2.56. The van der Waals surface area contributed by atoms with Gasteiger partial charge in [0.25, 0.3) is 0 Å². The number of halogens is 1. The van der Waals surface area contributed by atoms with Gasteiger partial charge in [-0.3, -0.25) is 9.59 Å². The second-order valence-corrected chi connectivity index (χ2v) is 6.03. The SMILES string of the molecule is Cn1cc(Br)c(=O)c(NC(=O)CCc2cccs2)c1. The summed E-state index contributed by atoms with van der Waals surface area (Å²) < 4.78 is 2.16. The van der Waals surface area contributed by atoms with E-state index in [1.165, 1.54) is 0 Å². The molecule has 0 fully saturated rings. The van der Waals surface area contributed by atoms with E-state index < -0.39 is 0 Å². The molecule has 100 valence electrons. The van der Waals surface area contributed by atoms with E-state index in [0.717, 1.165) is 4.88 Å². The van der Waals surface area contributed by atoms with Gasteiger partial charge < -0.3 is 9.88 Å². The van der Waals surface area contributed by atoms with Crippen LogP contribution < -0.4 is 10.7 Å². The van der Waals surface area contributed by atoms with Gasteiger partial charge in [0.1, 0.15) is 5.69 Å². The van der Waals surface area contributed by atoms with Crippen LogP contribution in [-0.2, 0) is 18.3 Å². The molecule has 6 heteroatoms. The fourth-order valence-electron chi connectivity index (χ4n) is 1.66. The Bertz CT molecular complexity index is 635. The molecule has 0 aliphatic rings. The van der Waals surface area contributed by atoms with Crippen LogP contribution in [0.3, 0.4) is 0 Å². The number of hydrogen-bond acceptors (Lipinski definition) is 3. The van der Waals surface area contributed by atoms with Gasteiger partial charge in [0, 0.05) is 30.7 Å². The van der Waals surface area contributed by atoms with Gasteiger partial charge in [-0.15, -0.1) is 11.3 Å². The van der Waals surface area contributed by atoms with Gasteiger partial charge >= 0.3 is 0 Å². The summed E-state index contributed by atoms with van der Waals surface area (Å²) in [5, 5.41) is 4.64. The van der Waals surface area contributed by atoms with Crippen LogP contribution in [0.4, 0.5) is 5.69 Å². The second kappa shape index (κ2) is 6.16. The van der Waals surface area contributed by atoms with Crippen molar-refractivity contribution in [3.8, 4) is 0 Å². The van der Waals surface area contributed by atoms with Gasteiger partial charge in [-0.05, 0) is 33.8 Å². The first-order chi connectivity index (χ1) is 9.06. The van der Waals surface area contributed by atoms with E-state index in [1.807, 2.05) is 17.5 Å². The average Bonchev–Trinajstić information content (AvgIpc) is 2.86. The van der Waals surface area contributed by atoms with Gasteiger partial charge in [0.05, 0.1) is 4.47 Å². The third kappa shape index (κ3) is 3.78. The highest BCUT2D eigenvalue weighted by Gasteiger charge is 2.09. The molecular weight excluding hydrogens is 328 g/mol. The number of carbonyl (C=O) groups excluding carboxylic acids is 1. The maximum absolute atomic E-state index is 11.8. The van der Waals surface area contributed by atoms with Crippen molar-refractivity contribution in [3.05, 3.63) is 49.5 Å². The lowest BCUT2D eigenvalue weighted by molar-refractivity contribution is -0.116. The number of rotatable bonds is 4. The zero-order chi connectivity index (χ0) is 13.8. The van der Waals surface area contributed by atoms with Crippen molar-refractivity contribution in [1.29, 1.82) is 0 Å². The largest absolute Gasteiger partial charge is 0.354 e. The molecule has 0 bridgehead atoms. The topological polar surface area (TPSA) is 51.1 Å². The fourth-order valence-corrected chi connectivity index (χ4v) is 2.90. The smallest absolute Gasteiger partial charge is 0.224 e. The highest BCUT2D eigenvalue weighted by molar-refractivity contribution is 9.10. The van der Waals surface area contributed by atoms with Crippen LogP contribution in [0.5, 0.6) is 0 Å². The van der Waals surface area contributed by atoms with Crippen LogP contribution in [0.15, 0.2) is 39.2 Å². The van der Waals surface area contributed by atoms with E-state index in [9.17, 15) is 9.59 Å². The van der Waals surface area contributed by atoms with E-state index in [2.05, 4.69) is 21.2 Å². The van der Waals surface area contributed by atoms with Crippen molar-refractivity contribution in [3.63, 3.8) is 0 Å². The summed E-state index contributed by atoms with van der Waals surface area (Å²) in [4.78, 5) is 24.8. The Morgan fingerprint density at radius 1 is 1.47 bits per heavy atom. The van der Waals surface area contributed by atoms with Crippen LogP contribution in [0, 0.1) is 0 Å². The van der Waals surface area contributed by atoms with Crippen molar-refractivity contribution in [2.45, 2.75) is 12.8 Å². The third-order valence-corrected chi connectivity index (χ3v) is 4.06. The molecule has 1 N–H and O–H groups in total. The predicted octanol–water partition coefficient (Wildman–Crippen LogP) is 2.78. The van der Waals surface area contributed by atoms with Gasteiger partial charge in [-0.25, -0.2) is 0 Å². The molecule has 0 saturated heterocycles. The van der Waals surface area contributed by atoms with Crippen molar-refractivity contribution in [1.82, 2.24) is 4.57 Å². The molecule has 0 aliphatic carbocycles. The Labute approximate surface area is 123 Å². The van der Waals surface area contributed by atoms with E-state index in [0.29, 0.717) is 23.0 Å². The van der Waals surface area contributed by atoms with E-state index in [1.54, 1.807) is 35.3 Å². The number of nitrogens with one attached hydrogen (secondary N) is 1. The molecule has 0 atom stereocenters. The predicted molar refractivity (Wildman–Crippen MR) is 80.7 cm³/mol. The minimum absolute atomic E-state index is 0.149. The summed E-state index contributed by atoms with van der Waals surface area (Å²) in [5.74, 6) is -0.149. The summed E-state index contributed by atoms with van der Waals surface area (Å²) in [6.45, 7) is 0. The van der Waals surface area contributed by atoms with Gasteiger partial charge in [-0.1, -0.05) is 6.07 Å². The van der Waals surface area contributed by atoms with Crippen LogP contribution in [0.2, 0.25) is 0 Å². The standard InChI is InChI=1S/C13H13BrN2O2S/c1-16-7-10(14)13(18)11(8-16)15-12(17)5-4-9-3-2-6-19-9/h2-3,6-8H,4-5H2,1H3,(H,15,17). The highest BCUT2D eigenvalue weighted by Crippen LogP contribution is 2.12. The molecule has 19 heavy (non-hydrogen) atoms. The maximum Gasteiger partial charge on any atom is 0.224 e. The second-order valence-electron chi connectivity index (χ2n) is 4.14. The Morgan fingerprint density at radius 2 is 2.26 bits per heavy atom. The number of aromatic nitrogens is 1. The van der Waals surface area contributed by atoms with Gasteiger partial charge in [-0.2, -0.15) is 0 Å². The molecule has 2 aromatic rings. The molecule has 0 saturated carbocycles. The number of thiophene rings is 1. The molecule has 0 radical (unpaired) electrons. The zero-order valence-electron chi connectivity index (χ0n) is 10.4. The van der Waals surface area contributed by atoms with Gasteiger partial charge in [0.2, 0.25) is 11.3 Å². The number of hydrogen-bond donors (Lipinski definition) is 1. The molecule has 0 unspecified atom stereocenters. The monoisotopic (exact) mass is 340 g/mol. The van der Waals surface area contributed by atoms with Crippen LogP contribution >= 0.6 is 27.3 Å². The minimum Gasteiger partial charge on any atom is -0.354 e. The number of amides is 1. The first-order valence-electron chi connectivity index (χ1n) is 5.74. The highest BCUT2D eigenvalue weighted by atomic mass is 79.9. The first kappa shape index (κ1) is 14.0. The molecule has 1 amide bonds. The number of nitrogens with zero attached hydrogens (tertiary/aromatic N) is 1. The Morgan fingerprint density at radius 3 is 2.95 bits per heavy atom. The summed E-state index contributed by atoms with van der Waals surface area (Å²) in [5.41, 5.74) is 0.0932. The minimum atomic E-state index is -0.206. The van der Waals surface area contributed by atoms with E-state index in [-0.39, 0.29) is 11.3 Å². The lowest BCUT2D eigenvalue weighted by atomic mass is 10.2. The van der Waals surface area contributed by atoms with Crippen molar-refractivity contribution < 1.29 is 4.79 Å². The molecule has 0 aromatic carbocycles. The Hall–Kier alpha value is -1.40. The molecule has 4 nitrogen and oxygen atoms in total. The molecule has 2 rings (SSSR count). The maximum atomic E-state index is 11.8. The number of aryl methyl sites for hydroxylation is 2. The molecule has 2 aromatic heterocycles. The fraction of sp³-hybridized carbons (Fsp3) is 0.231. The Balaban J connectivity index is 2.01. The van der Waals surface area contributed by atoms with Crippen LogP contribution in [0.1, 0.15) is 11.3 Å². The molecular formula is C13H13BrN2O2S. The summed E-state index contributed by atoms with van der Waals surface area (Å²) in [6, 6.07) is 3.96. The number of anilines is 1. The summed E-state index contributed by atoms with van der Waals surface area (Å²) in [6.07, 6.45) is 4.33. The van der Waals surface area contributed by atoms with Crippen molar-refractivity contribution in [2.24, 2.45) is 7.05 Å². The van der Waals surface area contributed by atoms with Crippen molar-refractivity contribution in [2.75, 3.05) is 5.32 Å². The first-order valence-corrected chi connectivity index (χ1v) is 7.41. The Kier molecular flexibility index (Phi) is 4.55. The quantitative estimate of drug-likeness (QED) is 0.930. The number of carbonyl (C=O) groups is 1. The van der Waals surface area contributed by atoms with Crippen molar-refractivity contribution >= 4 is 38.9 Å². The summed E-state index contributed by atoms with van der Waals surface area (Å²) >= 11 is 4.80. The molecule has 2 heterocycles. The van der Waals surface area contributed by atoms with Crippen LogP contribution in [-0.4, -0.2) is 10.5 Å². The van der Waals surface area contributed by atoms with E-state index in [4.69, 9.17) is 0 Å². The van der Waals surface area contributed by atoms with E-state index >= 15 is 0 Å². The lowest BCUT2D eigenvalue weighted by Crippen LogP contribution is -2.20. The summed E-state index contributed by atoms with van der Waals surface area (Å²) in [7, 11) is 1.80. The number of pyridine rings is 1.